The largest absolute Gasteiger partial charge is 0.349 e. The summed E-state index contributed by atoms with van der Waals surface area (Å²) in [6, 6.07) is 5.75. The first kappa shape index (κ1) is 23.4. The molecule has 0 heterocycles. The predicted molar refractivity (Wildman–Crippen MR) is 107 cm³/mol. The maximum Gasteiger partial charge on any atom is 0.251 e. The Hall–Kier alpha value is -1.64. The van der Waals surface area contributed by atoms with Crippen molar-refractivity contribution in [3.8, 4) is 0 Å². The normalized spacial score (nSPS) is 19.7. The van der Waals surface area contributed by atoms with Gasteiger partial charge in [-0.3, -0.25) is 9.59 Å². The van der Waals surface area contributed by atoms with Crippen molar-refractivity contribution in [3.05, 3.63) is 29.8 Å². The van der Waals surface area contributed by atoms with Gasteiger partial charge in [-0.15, -0.1) is 12.4 Å². The molecule has 0 spiro atoms. The zero-order chi connectivity index (χ0) is 19.3. The standard InChI is InChI=1S/C18H27N3O4S.ClH/c1-21(2)17(22)12-26(24,25)15-9-7-13(8-10-15)18(23)20-16-6-4-3-5-14(16)11-19;/h7-10,14,16H,3-6,11-12,19H2,1-2H3,(H,20,23);1H. The van der Waals surface area contributed by atoms with Gasteiger partial charge in [0.15, 0.2) is 9.84 Å². The van der Waals surface area contributed by atoms with Crippen LogP contribution in [0.4, 0.5) is 0 Å². The zero-order valence-electron chi connectivity index (χ0n) is 15.7. The Morgan fingerprint density at radius 1 is 1.15 bits per heavy atom. The number of rotatable bonds is 6. The van der Waals surface area contributed by atoms with Crippen LogP contribution in [-0.4, -0.2) is 57.6 Å². The van der Waals surface area contributed by atoms with Crippen molar-refractivity contribution in [2.45, 2.75) is 36.6 Å². The van der Waals surface area contributed by atoms with Crippen molar-refractivity contribution in [1.29, 1.82) is 0 Å². The second kappa shape index (κ2) is 10.1. The van der Waals surface area contributed by atoms with Gasteiger partial charge in [-0.2, -0.15) is 0 Å². The number of nitrogens with zero attached hydrogens (tertiary/aromatic N) is 1. The van der Waals surface area contributed by atoms with Gasteiger partial charge in [0.2, 0.25) is 5.91 Å². The Balaban J connectivity index is 0.00000364. The summed E-state index contributed by atoms with van der Waals surface area (Å²) in [4.78, 5) is 25.4. The quantitative estimate of drug-likeness (QED) is 0.723. The van der Waals surface area contributed by atoms with E-state index in [1.165, 1.54) is 43.3 Å². The number of carbonyl (C=O) groups is 2. The van der Waals surface area contributed by atoms with Crippen molar-refractivity contribution < 1.29 is 18.0 Å². The molecule has 0 aromatic heterocycles. The summed E-state index contributed by atoms with van der Waals surface area (Å²) >= 11 is 0. The van der Waals surface area contributed by atoms with E-state index in [4.69, 9.17) is 5.73 Å². The van der Waals surface area contributed by atoms with Crippen molar-refractivity contribution in [2.24, 2.45) is 11.7 Å². The van der Waals surface area contributed by atoms with Crippen LogP contribution in [0.2, 0.25) is 0 Å². The number of carbonyl (C=O) groups excluding carboxylic acids is 2. The minimum Gasteiger partial charge on any atom is -0.349 e. The van der Waals surface area contributed by atoms with Crippen molar-refractivity contribution in [3.63, 3.8) is 0 Å². The SMILES string of the molecule is CN(C)C(=O)CS(=O)(=O)c1ccc(C(=O)NC2CCCCC2CN)cc1.Cl. The predicted octanol–water partition coefficient (Wildman–Crippen LogP) is 1.22. The van der Waals surface area contributed by atoms with Gasteiger partial charge >= 0.3 is 0 Å². The van der Waals surface area contributed by atoms with E-state index in [-0.39, 0.29) is 35.2 Å². The fourth-order valence-electron chi connectivity index (χ4n) is 3.12. The summed E-state index contributed by atoms with van der Waals surface area (Å²) in [5.74, 6) is -1.03. The van der Waals surface area contributed by atoms with E-state index in [9.17, 15) is 18.0 Å². The van der Waals surface area contributed by atoms with Gasteiger partial charge in [0.25, 0.3) is 5.91 Å². The molecule has 0 bridgehead atoms. The molecule has 0 saturated heterocycles. The molecule has 1 aliphatic carbocycles. The minimum absolute atomic E-state index is 0. The van der Waals surface area contributed by atoms with Gasteiger partial charge in [-0.1, -0.05) is 12.8 Å². The Bertz CT molecular complexity index is 750. The van der Waals surface area contributed by atoms with E-state index in [0.717, 1.165) is 25.7 Å². The molecular formula is C18H28ClN3O4S. The second-order valence-corrected chi connectivity index (χ2v) is 8.92. The third-order valence-electron chi connectivity index (χ3n) is 4.82. The molecular weight excluding hydrogens is 390 g/mol. The lowest BCUT2D eigenvalue weighted by Crippen LogP contribution is -2.44. The Morgan fingerprint density at radius 3 is 2.30 bits per heavy atom. The van der Waals surface area contributed by atoms with E-state index in [1.54, 1.807) is 0 Å². The molecule has 1 aliphatic rings. The highest BCUT2D eigenvalue weighted by Crippen LogP contribution is 2.24. The highest BCUT2D eigenvalue weighted by molar-refractivity contribution is 7.92. The fourth-order valence-corrected chi connectivity index (χ4v) is 4.42. The van der Waals surface area contributed by atoms with Gasteiger partial charge in [-0.05, 0) is 49.6 Å². The van der Waals surface area contributed by atoms with E-state index in [2.05, 4.69) is 5.32 Å². The van der Waals surface area contributed by atoms with Crippen LogP contribution in [0.15, 0.2) is 29.2 Å². The van der Waals surface area contributed by atoms with E-state index in [1.807, 2.05) is 0 Å². The van der Waals surface area contributed by atoms with Crippen LogP contribution in [-0.2, 0) is 14.6 Å². The molecule has 1 saturated carbocycles. The van der Waals surface area contributed by atoms with Crippen LogP contribution >= 0.6 is 12.4 Å². The van der Waals surface area contributed by atoms with Crippen molar-refractivity contribution in [1.82, 2.24) is 10.2 Å². The van der Waals surface area contributed by atoms with Crippen LogP contribution in [0.1, 0.15) is 36.0 Å². The number of nitrogens with two attached hydrogens (primary N) is 1. The third kappa shape index (κ3) is 6.19. The second-order valence-electron chi connectivity index (χ2n) is 6.93. The van der Waals surface area contributed by atoms with Crippen molar-refractivity contribution in [2.75, 3.05) is 26.4 Å². The molecule has 9 heteroatoms. The number of nitrogens with one attached hydrogen (secondary N) is 1. The first-order chi connectivity index (χ1) is 12.2. The Kier molecular flexibility index (Phi) is 8.71. The number of hydrogen-bond acceptors (Lipinski definition) is 5. The first-order valence-electron chi connectivity index (χ1n) is 8.78. The number of amides is 2. The molecule has 3 N–H and O–H groups in total. The van der Waals surface area contributed by atoms with Gasteiger partial charge in [-0.25, -0.2) is 8.42 Å². The Labute approximate surface area is 167 Å². The molecule has 2 rings (SSSR count). The van der Waals surface area contributed by atoms with Crippen LogP contribution < -0.4 is 11.1 Å². The summed E-state index contributed by atoms with van der Waals surface area (Å²) in [5, 5.41) is 3.01. The van der Waals surface area contributed by atoms with Gasteiger partial charge in [0, 0.05) is 25.7 Å². The smallest absolute Gasteiger partial charge is 0.251 e. The van der Waals surface area contributed by atoms with E-state index < -0.39 is 21.5 Å². The zero-order valence-corrected chi connectivity index (χ0v) is 17.3. The first-order valence-corrected chi connectivity index (χ1v) is 10.4. The van der Waals surface area contributed by atoms with Crippen molar-refractivity contribution >= 4 is 34.1 Å². The summed E-state index contributed by atoms with van der Waals surface area (Å²) < 4.78 is 24.5. The highest BCUT2D eigenvalue weighted by Gasteiger charge is 2.26. The van der Waals surface area contributed by atoms with E-state index in [0.29, 0.717) is 12.1 Å². The third-order valence-corrected chi connectivity index (χ3v) is 6.43. The van der Waals surface area contributed by atoms with Crippen LogP contribution in [0.25, 0.3) is 0 Å². The molecule has 2 amide bonds. The highest BCUT2D eigenvalue weighted by atomic mass is 35.5. The molecule has 0 radical (unpaired) electrons. The molecule has 0 aliphatic heterocycles. The molecule has 1 fully saturated rings. The lowest BCUT2D eigenvalue weighted by Gasteiger charge is -2.31. The average molecular weight is 418 g/mol. The Morgan fingerprint density at radius 2 is 1.74 bits per heavy atom. The number of benzene rings is 1. The lowest BCUT2D eigenvalue weighted by molar-refractivity contribution is -0.125. The number of halogens is 1. The molecule has 1 aromatic carbocycles. The summed E-state index contributed by atoms with van der Waals surface area (Å²) in [7, 11) is -0.716. The summed E-state index contributed by atoms with van der Waals surface area (Å²) in [5.41, 5.74) is 6.18. The topological polar surface area (TPSA) is 110 Å². The number of hydrogen-bond donors (Lipinski definition) is 2. The monoisotopic (exact) mass is 417 g/mol. The maximum absolute atomic E-state index is 12.4. The molecule has 2 atom stereocenters. The minimum atomic E-state index is -3.73. The summed E-state index contributed by atoms with van der Waals surface area (Å²) in [6.45, 7) is 0.544. The maximum atomic E-state index is 12.4. The lowest BCUT2D eigenvalue weighted by atomic mass is 9.84. The van der Waals surface area contributed by atoms with Crippen LogP contribution in [0.5, 0.6) is 0 Å². The molecule has 7 nitrogen and oxygen atoms in total. The average Bonchev–Trinajstić information content (AvgIpc) is 2.61. The van der Waals surface area contributed by atoms with Crippen LogP contribution in [0, 0.1) is 5.92 Å². The number of sulfone groups is 1. The molecule has 27 heavy (non-hydrogen) atoms. The summed E-state index contributed by atoms with van der Waals surface area (Å²) in [6.07, 6.45) is 4.12. The van der Waals surface area contributed by atoms with Gasteiger partial charge in [0.05, 0.1) is 4.90 Å². The molecule has 2 unspecified atom stereocenters. The molecule has 152 valence electrons. The van der Waals surface area contributed by atoms with E-state index >= 15 is 0 Å². The van der Waals surface area contributed by atoms with Crippen LogP contribution in [0.3, 0.4) is 0 Å². The fraction of sp³-hybridized carbons (Fsp3) is 0.556. The van der Waals surface area contributed by atoms with Gasteiger partial charge < -0.3 is 16.0 Å². The molecule has 1 aromatic rings. The van der Waals surface area contributed by atoms with Gasteiger partial charge in [0.1, 0.15) is 5.75 Å².